The average Bonchev–Trinajstić information content (AvgIpc) is 2.67. The van der Waals surface area contributed by atoms with Crippen LogP contribution < -0.4 is 4.90 Å². The van der Waals surface area contributed by atoms with Crippen molar-refractivity contribution in [3.8, 4) is 6.07 Å². The van der Waals surface area contributed by atoms with E-state index in [0.29, 0.717) is 37.2 Å². The van der Waals surface area contributed by atoms with E-state index in [2.05, 4.69) is 11.1 Å². The maximum atomic E-state index is 12.5. The highest BCUT2D eigenvalue weighted by atomic mass is 16.2. The Morgan fingerprint density at radius 2 is 2.04 bits per heavy atom. The van der Waals surface area contributed by atoms with Gasteiger partial charge in [0.2, 0.25) is 11.8 Å². The minimum atomic E-state index is -0.163. The summed E-state index contributed by atoms with van der Waals surface area (Å²) in [5, 5.41) is 9.20. The standard InChI is InChI=1S/C19H18N4O2/c20-12-16-5-1-2-6-17(16)23-11-10-22(14-19(23)25)18(24)8-7-15-4-3-9-21-13-15/h1-6,9,13H,7-8,10-11,14H2. The van der Waals surface area contributed by atoms with Crippen molar-refractivity contribution in [2.75, 3.05) is 24.5 Å². The second kappa shape index (κ2) is 7.58. The Bertz CT molecular complexity index is 814. The van der Waals surface area contributed by atoms with E-state index in [4.69, 9.17) is 0 Å². The van der Waals surface area contributed by atoms with Gasteiger partial charge in [0, 0.05) is 31.9 Å². The number of para-hydroxylation sites is 1. The molecule has 0 N–H and O–H groups in total. The van der Waals surface area contributed by atoms with Crippen molar-refractivity contribution >= 4 is 17.5 Å². The lowest BCUT2D eigenvalue weighted by atomic mass is 10.1. The van der Waals surface area contributed by atoms with Crippen molar-refractivity contribution in [2.45, 2.75) is 12.8 Å². The summed E-state index contributed by atoms with van der Waals surface area (Å²) in [6.07, 6.45) is 4.41. The summed E-state index contributed by atoms with van der Waals surface area (Å²) in [5.41, 5.74) is 2.08. The molecule has 2 aromatic rings. The number of rotatable bonds is 4. The Morgan fingerprint density at radius 3 is 2.76 bits per heavy atom. The Hall–Kier alpha value is -3.20. The van der Waals surface area contributed by atoms with Gasteiger partial charge in [0.1, 0.15) is 12.6 Å². The second-order valence-corrected chi connectivity index (χ2v) is 5.85. The zero-order valence-corrected chi connectivity index (χ0v) is 13.8. The molecule has 0 unspecified atom stereocenters. The van der Waals surface area contributed by atoms with Gasteiger partial charge < -0.3 is 9.80 Å². The fourth-order valence-electron chi connectivity index (χ4n) is 2.90. The number of aryl methyl sites for hydroxylation is 1. The van der Waals surface area contributed by atoms with Crippen molar-refractivity contribution in [3.05, 3.63) is 59.9 Å². The van der Waals surface area contributed by atoms with E-state index in [-0.39, 0.29) is 18.4 Å². The number of carbonyl (C=O) groups is 2. The van der Waals surface area contributed by atoms with Gasteiger partial charge >= 0.3 is 0 Å². The highest BCUT2D eigenvalue weighted by molar-refractivity contribution is 5.98. The number of pyridine rings is 1. The summed E-state index contributed by atoms with van der Waals surface area (Å²) in [7, 11) is 0. The molecule has 2 amide bonds. The molecule has 0 atom stereocenters. The van der Waals surface area contributed by atoms with Crippen LogP contribution in [-0.2, 0) is 16.0 Å². The normalized spacial score (nSPS) is 14.3. The number of benzene rings is 1. The monoisotopic (exact) mass is 334 g/mol. The largest absolute Gasteiger partial charge is 0.332 e. The van der Waals surface area contributed by atoms with Crippen LogP contribution in [0.4, 0.5) is 5.69 Å². The zero-order chi connectivity index (χ0) is 17.6. The summed E-state index contributed by atoms with van der Waals surface area (Å²) < 4.78 is 0. The summed E-state index contributed by atoms with van der Waals surface area (Å²) in [4.78, 5) is 32.0. The molecule has 3 rings (SSSR count). The van der Waals surface area contributed by atoms with Gasteiger partial charge in [0.25, 0.3) is 0 Å². The predicted octanol–water partition coefficient (Wildman–Crippen LogP) is 1.76. The number of amides is 2. The molecule has 1 aromatic carbocycles. The van der Waals surface area contributed by atoms with Crippen molar-refractivity contribution < 1.29 is 9.59 Å². The van der Waals surface area contributed by atoms with Crippen molar-refractivity contribution in [1.29, 1.82) is 5.26 Å². The maximum absolute atomic E-state index is 12.5. The number of nitriles is 1. The summed E-state index contributed by atoms with van der Waals surface area (Å²) >= 11 is 0. The van der Waals surface area contributed by atoms with E-state index < -0.39 is 0 Å². The number of aromatic nitrogens is 1. The molecule has 0 radical (unpaired) electrons. The van der Waals surface area contributed by atoms with Gasteiger partial charge in [-0.3, -0.25) is 14.6 Å². The third kappa shape index (κ3) is 3.83. The molecule has 2 heterocycles. The highest BCUT2D eigenvalue weighted by Gasteiger charge is 2.28. The third-order valence-corrected chi connectivity index (χ3v) is 4.24. The first kappa shape index (κ1) is 16.7. The van der Waals surface area contributed by atoms with Gasteiger partial charge in [0.15, 0.2) is 0 Å². The van der Waals surface area contributed by atoms with Gasteiger partial charge in [-0.05, 0) is 30.2 Å². The Balaban J connectivity index is 1.61. The summed E-state index contributed by atoms with van der Waals surface area (Å²) in [5.74, 6) is -0.200. The van der Waals surface area contributed by atoms with Gasteiger partial charge in [-0.15, -0.1) is 0 Å². The molecular weight excluding hydrogens is 316 g/mol. The predicted molar refractivity (Wildman–Crippen MR) is 92.6 cm³/mol. The molecule has 126 valence electrons. The first-order chi connectivity index (χ1) is 12.2. The maximum Gasteiger partial charge on any atom is 0.246 e. The molecule has 1 aliphatic rings. The molecule has 0 aliphatic carbocycles. The van der Waals surface area contributed by atoms with Crippen LogP contribution >= 0.6 is 0 Å². The minimum absolute atomic E-state index is 0.0366. The lowest BCUT2D eigenvalue weighted by molar-refractivity contribution is -0.136. The molecule has 0 bridgehead atoms. The van der Waals surface area contributed by atoms with E-state index in [1.54, 1.807) is 46.5 Å². The summed E-state index contributed by atoms with van der Waals surface area (Å²) in [6.45, 7) is 0.916. The zero-order valence-electron chi connectivity index (χ0n) is 13.8. The molecule has 6 heteroatoms. The third-order valence-electron chi connectivity index (χ3n) is 4.24. The van der Waals surface area contributed by atoms with Gasteiger partial charge in [-0.25, -0.2) is 0 Å². The van der Waals surface area contributed by atoms with Crippen LogP contribution in [0, 0.1) is 11.3 Å². The first-order valence-electron chi connectivity index (χ1n) is 8.15. The van der Waals surface area contributed by atoms with E-state index in [9.17, 15) is 14.9 Å². The molecule has 1 aliphatic heterocycles. The quantitative estimate of drug-likeness (QED) is 0.854. The van der Waals surface area contributed by atoms with Crippen LogP contribution in [0.2, 0.25) is 0 Å². The van der Waals surface area contributed by atoms with E-state index in [1.165, 1.54) is 0 Å². The molecule has 0 spiro atoms. The van der Waals surface area contributed by atoms with Crippen LogP contribution in [0.3, 0.4) is 0 Å². The van der Waals surface area contributed by atoms with Crippen LogP contribution in [0.25, 0.3) is 0 Å². The van der Waals surface area contributed by atoms with Gasteiger partial charge in [-0.2, -0.15) is 5.26 Å². The molecule has 0 saturated carbocycles. The van der Waals surface area contributed by atoms with Gasteiger partial charge in [-0.1, -0.05) is 18.2 Å². The highest BCUT2D eigenvalue weighted by Crippen LogP contribution is 2.22. The number of piperazine rings is 1. The Labute approximate surface area is 146 Å². The van der Waals surface area contributed by atoms with Crippen molar-refractivity contribution in [2.24, 2.45) is 0 Å². The Morgan fingerprint density at radius 1 is 1.20 bits per heavy atom. The fourth-order valence-corrected chi connectivity index (χ4v) is 2.90. The number of nitrogens with zero attached hydrogens (tertiary/aromatic N) is 4. The lowest BCUT2D eigenvalue weighted by Crippen LogP contribution is -2.52. The number of carbonyl (C=O) groups excluding carboxylic acids is 2. The van der Waals surface area contributed by atoms with Crippen molar-refractivity contribution in [3.63, 3.8) is 0 Å². The molecule has 6 nitrogen and oxygen atoms in total. The topological polar surface area (TPSA) is 77.3 Å². The van der Waals surface area contributed by atoms with E-state index in [1.807, 2.05) is 12.1 Å². The first-order valence-corrected chi connectivity index (χ1v) is 8.15. The Kier molecular flexibility index (Phi) is 5.05. The fraction of sp³-hybridized carbons (Fsp3) is 0.263. The van der Waals surface area contributed by atoms with Crippen LogP contribution in [0.15, 0.2) is 48.8 Å². The smallest absolute Gasteiger partial charge is 0.246 e. The van der Waals surface area contributed by atoms with E-state index >= 15 is 0 Å². The van der Waals surface area contributed by atoms with Crippen molar-refractivity contribution in [1.82, 2.24) is 9.88 Å². The van der Waals surface area contributed by atoms with Gasteiger partial charge in [0.05, 0.1) is 11.3 Å². The summed E-state index contributed by atoms with van der Waals surface area (Å²) in [6, 6.07) is 12.9. The number of hydrogen-bond donors (Lipinski definition) is 0. The molecule has 1 fully saturated rings. The number of hydrogen-bond acceptors (Lipinski definition) is 4. The molecule has 1 saturated heterocycles. The molecule has 25 heavy (non-hydrogen) atoms. The lowest BCUT2D eigenvalue weighted by Gasteiger charge is -2.34. The van der Waals surface area contributed by atoms with Crippen LogP contribution in [0.1, 0.15) is 17.5 Å². The van der Waals surface area contributed by atoms with Crippen LogP contribution in [-0.4, -0.2) is 41.3 Å². The SMILES string of the molecule is N#Cc1ccccc1N1CCN(C(=O)CCc2cccnc2)CC1=O. The minimum Gasteiger partial charge on any atom is -0.332 e. The average molecular weight is 334 g/mol. The van der Waals surface area contributed by atoms with E-state index in [0.717, 1.165) is 5.56 Å². The molecular formula is C19H18N4O2. The van der Waals surface area contributed by atoms with Crippen LogP contribution in [0.5, 0.6) is 0 Å². The number of anilines is 1. The second-order valence-electron chi connectivity index (χ2n) is 5.85. The molecule has 1 aromatic heterocycles.